The molecule has 0 radical (unpaired) electrons. The number of nitrogens with zero attached hydrogens (tertiary/aromatic N) is 1. The zero-order valence-corrected chi connectivity index (χ0v) is 11.1. The molecule has 0 saturated heterocycles. The smallest absolute Gasteiger partial charge is 0.335 e. The van der Waals surface area contributed by atoms with Crippen molar-refractivity contribution in [1.29, 1.82) is 0 Å². The molecule has 0 aliphatic carbocycles. The molecule has 2 rings (SSSR count). The summed E-state index contributed by atoms with van der Waals surface area (Å²) in [5.41, 5.74) is 5.63. The molecule has 2 aromatic rings. The summed E-state index contributed by atoms with van der Waals surface area (Å²) < 4.78 is 13.7. The van der Waals surface area contributed by atoms with E-state index in [1.165, 1.54) is 12.1 Å². The Balaban J connectivity index is 2.24. The molecule has 1 heterocycles. The van der Waals surface area contributed by atoms with Crippen molar-refractivity contribution in [3.8, 4) is 0 Å². The summed E-state index contributed by atoms with van der Waals surface area (Å²) in [5, 5.41) is 11.3. The Morgan fingerprint density at radius 1 is 1.45 bits per heavy atom. The molecule has 0 atom stereocenters. The maximum Gasteiger partial charge on any atom is 0.335 e. The van der Waals surface area contributed by atoms with E-state index in [0.717, 1.165) is 17.4 Å². The second kappa shape index (κ2) is 5.25. The fraction of sp³-hybridized carbons (Fsp3) is 0.0833. The first-order valence-corrected chi connectivity index (χ1v) is 6.27. The average Bonchev–Trinajstić information content (AvgIpc) is 2.70. The lowest BCUT2D eigenvalue weighted by atomic mass is 10.2. The van der Waals surface area contributed by atoms with Crippen LogP contribution in [0.25, 0.3) is 0 Å². The summed E-state index contributed by atoms with van der Waals surface area (Å²) in [6, 6.07) is 3.23. The van der Waals surface area contributed by atoms with E-state index >= 15 is 0 Å². The lowest BCUT2D eigenvalue weighted by molar-refractivity contribution is 0.0696. The number of amides is 1. The molecule has 0 aliphatic rings. The van der Waals surface area contributed by atoms with Crippen molar-refractivity contribution < 1.29 is 19.1 Å². The summed E-state index contributed by atoms with van der Waals surface area (Å²) in [4.78, 5) is 26.8. The van der Waals surface area contributed by atoms with Gasteiger partial charge in [0, 0.05) is 0 Å². The number of thiazole rings is 1. The molecule has 0 unspecified atom stereocenters. The summed E-state index contributed by atoms with van der Waals surface area (Å²) >= 11 is 0.994. The largest absolute Gasteiger partial charge is 0.478 e. The SMILES string of the molecule is Cc1nc(N)sc1C(=O)Nc1ccc(C(=O)O)cc1F. The number of hydrogen-bond acceptors (Lipinski definition) is 5. The lowest BCUT2D eigenvalue weighted by Crippen LogP contribution is -2.13. The maximum absolute atomic E-state index is 13.7. The van der Waals surface area contributed by atoms with Crippen LogP contribution >= 0.6 is 11.3 Å². The Bertz CT molecular complexity index is 699. The Morgan fingerprint density at radius 3 is 2.65 bits per heavy atom. The van der Waals surface area contributed by atoms with Gasteiger partial charge in [-0.05, 0) is 25.1 Å². The van der Waals surface area contributed by atoms with Crippen molar-refractivity contribution >= 4 is 34.0 Å². The predicted octanol–water partition coefficient (Wildman–Crippen LogP) is 2.12. The normalized spacial score (nSPS) is 10.3. The molecule has 1 aromatic heterocycles. The van der Waals surface area contributed by atoms with Crippen LogP contribution in [0, 0.1) is 12.7 Å². The quantitative estimate of drug-likeness (QED) is 0.804. The Hall–Kier alpha value is -2.48. The van der Waals surface area contributed by atoms with Gasteiger partial charge in [-0.15, -0.1) is 0 Å². The zero-order chi connectivity index (χ0) is 14.9. The second-order valence-electron chi connectivity index (χ2n) is 3.92. The number of hydrogen-bond donors (Lipinski definition) is 3. The van der Waals surface area contributed by atoms with Gasteiger partial charge >= 0.3 is 5.97 Å². The highest BCUT2D eigenvalue weighted by molar-refractivity contribution is 7.17. The number of nitrogen functional groups attached to an aromatic ring is 1. The number of carbonyl (C=O) groups is 2. The highest BCUT2D eigenvalue weighted by Crippen LogP contribution is 2.22. The number of aromatic carboxylic acids is 1. The van der Waals surface area contributed by atoms with Gasteiger partial charge in [-0.3, -0.25) is 4.79 Å². The minimum absolute atomic E-state index is 0.105. The van der Waals surface area contributed by atoms with Gasteiger partial charge in [0.1, 0.15) is 10.7 Å². The first-order chi connectivity index (χ1) is 9.38. The fourth-order valence-corrected chi connectivity index (χ4v) is 2.29. The number of anilines is 2. The van der Waals surface area contributed by atoms with E-state index in [4.69, 9.17) is 10.8 Å². The number of carbonyl (C=O) groups excluding carboxylic acids is 1. The van der Waals surface area contributed by atoms with Crippen LogP contribution in [0.5, 0.6) is 0 Å². The first kappa shape index (κ1) is 13.9. The van der Waals surface area contributed by atoms with Crippen LogP contribution < -0.4 is 11.1 Å². The molecule has 8 heteroatoms. The molecule has 1 amide bonds. The number of halogens is 1. The van der Waals surface area contributed by atoms with E-state index in [-0.39, 0.29) is 21.3 Å². The van der Waals surface area contributed by atoms with Gasteiger partial charge in [0.2, 0.25) is 0 Å². The average molecular weight is 295 g/mol. The standard InChI is InChI=1S/C12H10FN3O3S/c1-5-9(20-12(14)15-5)10(17)16-8-3-2-6(11(18)19)4-7(8)13/h2-4H,1H3,(H2,14,15)(H,16,17)(H,18,19). The van der Waals surface area contributed by atoms with Gasteiger partial charge in [-0.2, -0.15) is 0 Å². The van der Waals surface area contributed by atoms with E-state index in [9.17, 15) is 14.0 Å². The number of aromatic nitrogens is 1. The molecule has 0 spiro atoms. The number of carboxylic acid groups (broad SMARTS) is 1. The number of benzene rings is 1. The Kier molecular flexibility index (Phi) is 3.66. The number of nitrogens with one attached hydrogen (secondary N) is 1. The van der Waals surface area contributed by atoms with Crippen molar-refractivity contribution in [2.24, 2.45) is 0 Å². The van der Waals surface area contributed by atoms with Gasteiger partial charge in [-0.25, -0.2) is 14.2 Å². The van der Waals surface area contributed by atoms with Gasteiger partial charge in [0.25, 0.3) is 5.91 Å². The van der Waals surface area contributed by atoms with E-state index < -0.39 is 17.7 Å². The lowest BCUT2D eigenvalue weighted by Gasteiger charge is -2.06. The number of rotatable bonds is 3. The molecule has 0 bridgehead atoms. The third kappa shape index (κ3) is 2.75. The molecule has 1 aromatic carbocycles. The van der Waals surface area contributed by atoms with Crippen molar-refractivity contribution in [3.63, 3.8) is 0 Å². The summed E-state index contributed by atoms with van der Waals surface area (Å²) in [5.74, 6) is -2.61. The van der Waals surface area contributed by atoms with Crippen LogP contribution in [-0.2, 0) is 0 Å². The van der Waals surface area contributed by atoms with Gasteiger partial charge < -0.3 is 16.2 Å². The summed E-state index contributed by atoms with van der Waals surface area (Å²) in [6.45, 7) is 1.62. The van der Waals surface area contributed by atoms with Crippen LogP contribution in [-0.4, -0.2) is 22.0 Å². The van der Waals surface area contributed by atoms with Crippen molar-refractivity contribution in [2.75, 3.05) is 11.1 Å². The zero-order valence-electron chi connectivity index (χ0n) is 10.3. The van der Waals surface area contributed by atoms with E-state index in [2.05, 4.69) is 10.3 Å². The molecule has 20 heavy (non-hydrogen) atoms. The Labute approximate surface area is 117 Å². The summed E-state index contributed by atoms with van der Waals surface area (Å²) in [6.07, 6.45) is 0. The molecule has 0 aliphatic heterocycles. The van der Waals surface area contributed by atoms with Gasteiger partial charge in [-0.1, -0.05) is 11.3 Å². The number of carboxylic acids is 1. The van der Waals surface area contributed by atoms with E-state index in [1.807, 2.05) is 0 Å². The molecule has 4 N–H and O–H groups in total. The van der Waals surface area contributed by atoms with Gasteiger partial charge in [0.15, 0.2) is 5.13 Å². The van der Waals surface area contributed by atoms with Crippen molar-refractivity contribution in [2.45, 2.75) is 6.92 Å². The first-order valence-electron chi connectivity index (χ1n) is 5.45. The second-order valence-corrected chi connectivity index (χ2v) is 4.95. The maximum atomic E-state index is 13.7. The molecular formula is C12H10FN3O3S. The van der Waals surface area contributed by atoms with E-state index in [0.29, 0.717) is 5.69 Å². The monoisotopic (exact) mass is 295 g/mol. The van der Waals surface area contributed by atoms with Crippen LogP contribution in [0.1, 0.15) is 25.7 Å². The van der Waals surface area contributed by atoms with Crippen LogP contribution in [0.2, 0.25) is 0 Å². The number of nitrogens with two attached hydrogens (primary N) is 1. The van der Waals surface area contributed by atoms with E-state index in [1.54, 1.807) is 6.92 Å². The van der Waals surface area contributed by atoms with Crippen LogP contribution in [0.4, 0.5) is 15.2 Å². The molecule has 0 saturated carbocycles. The highest BCUT2D eigenvalue weighted by atomic mass is 32.1. The van der Waals surface area contributed by atoms with Crippen LogP contribution in [0.3, 0.4) is 0 Å². The molecule has 0 fully saturated rings. The van der Waals surface area contributed by atoms with Crippen molar-refractivity contribution in [3.05, 3.63) is 40.2 Å². The third-order valence-electron chi connectivity index (χ3n) is 2.48. The number of aryl methyl sites for hydroxylation is 1. The topological polar surface area (TPSA) is 105 Å². The van der Waals surface area contributed by atoms with Gasteiger partial charge in [0.05, 0.1) is 16.9 Å². The molecule has 6 nitrogen and oxygen atoms in total. The third-order valence-corrected chi connectivity index (χ3v) is 3.47. The predicted molar refractivity (Wildman–Crippen MR) is 72.6 cm³/mol. The van der Waals surface area contributed by atoms with Crippen LogP contribution in [0.15, 0.2) is 18.2 Å². The molecular weight excluding hydrogens is 285 g/mol. The fourth-order valence-electron chi connectivity index (χ4n) is 1.56. The van der Waals surface area contributed by atoms with Crippen molar-refractivity contribution in [1.82, 2.24) is 4.98 Å². The highest BCUT2D eigenvalue weighted by Gasteiger charge is 2.16. The Morgan fingerprint density at radius 2 is 2.15 bits per heavy atom. The minimum Gasteiger partial charge on any atom is -0.478 e. The summed E-state index contributed by atoms with van der Waals surface area (Å²) in [7, 11) is 0. The minimum atomic E-state index is -1.24. The molecule has 104 valence electrons.